The smallest absolute Gasteiger partial charge is 0.508 e. The number of benzene rings is 2. The molecule has 1 fully saturated rings. The van der Waals surface area contributed by atoms with Crippen molar-refractivity contribution in [2.75, 3.05) is 18.0 Å². The van der Waals surface area contributed by atoms with Gasteiger partial charge in [0.15, 0.2) is 0 Å². The Bertz CT molecular complexity index is 660. The highest BCUT2D eigenvalue weighted by Gasteiger charge is 2.31. The second-order valence-corrected chi connectivity index (χ2v) is 5.89. The maximum Gasteiger partial charge on any atom is 0.573 e. The highest BCUT2D eigenvalue weighted by atomic mass is 19.4. The van der Waals surface area contributed by atoms with E-state index < -0.39 is 6.36 Å². The van der Waals surface area contributed by atoms with Gasteiger partial charge in [-0.15, -0.1) is 13.2 Å². The zero-order valence-electron chi connectivity index (χ0n) is 13.0. The third-order valence-electron chi connectivity index (χ3n) is 4.29. The molecule has 3 nitrogen and oxygen atoms in total. The molecule has 128 valence electrons. The van der Waals surface area contributed by atoms with Crippen molar-refractivity contribution in [3.63, 3.8) is 0 Å². The quantitative estimate of drug-likeness (QED) is 0.883. The van der Waals surface area contributed by atoms with Gasteiger partial charge in [-0.3, -0.25) is 0 Å². The fraction of sp³-hybridized carbons (Fsp3) is 0.333. The molecule has 0 aliphatic carbocycles. The van der Waals surface area contributed by atoms with Crippen LogP contribution in [0, 0.1) is 0 Å². The molecule has 0 amide bonds. The van der Waals surface area contributed by atoms with Crippen molar-refractivity contribution in [1.29, 1.82) is 0 Å². The van der Waals surface area contributed by atoms with E-state index in [2.05, 4.69) is 9.64 Å². The largest absolute Gasteiger partial charge is 0.573 e. The molecule has 0 bridgehead atoms. The Kier molecular flexibility index (Phi) is 4.55. The number of alkyl halides is 3. The summed E-state index contributed by atoms with van der Waals surface area (Å²) >= 11 is 0. The molecule has 24 heavy (non-hydrogen) atoms. The predicted molar refractivity (Wildman–Crippen MR) is 85.4 cm³/mol. The molecular weight excluding hydrogens is 319 g/mol. The van der Waals surface area contributed by atoms with Crippen LogP contribution >= 0.6 is 0 Å². The maximum absolute atomic E-state index is 12.2. The lowest BCUT2D eigenvalue weighted by Crippen LogP contribution is -2.32. The number of hydrogen-bond donors (Lipinski definition) is 1. The van der Waals surface area contributed by atoms with E-state index in [0.29, 0.717) is 5.92 Å². The Hall–Kier alpha value is -2.37. The van der Waals surface area contributed by atoms with Crippen LogP contribution in [0.2, 0.25) is 0 Å². The van der Waals surface area contributed by atoms with Crippen LogP contribution in [-0.4, -0.2) is 24.6 Å². The van der Waals surface area contributed by atoms with Crippen molar-refractivity contribution in [2.24, 2.45) is 0 Å². The Morgan fingerprint density at radius 3 is 2.04 bits per heavy atom. The van der Waals surface area contributed by atoms with E-state index >= 15 is 0 Å². The SMILES string of the molecule is Oc1ccc(C2CCN(c3ccc(OC(F)(F)F)cc3)CC2)cc1. The predicted octanol–water partition coefficient (Wildman–Crippen LogP) is 4.67. The van der Waals surface area contributed by atoms with E-state index in [4.69, 9.17) is 0 Å². The Labute approximate surface area is 138 Å². The van der Waals surface area contributed by atoms with Crippen LogP contribution in [0.25, 0.3) is 0 Å². The van der Waals surface area contributed by atoms with Gasteiger partial charge < -0.3 is 14.7 Å². The maximum atomic E-state index is 12.2. The average Bonchev–Trinajstić information content (AvgIpc) is 2.55. The lowest BCUT2D eigenvalue weighted by molar-refractivity contribution is -0.274. The summed E-state index contributed by atoms with van der Waals surface area (Å²) in [4.78, 5) is 2.16. The Morgan fingerprint density at radius 2 is 1.50 bits per heavy atom. The van der Waals surface area contributed by atoms with E-state index in [1.54, 1.807) is 24.3 Å². The fourth-order valence-electron chi connectivity index (χ4n) is 3.08. The normalized spacial score (nSPS) is 16.2. The fourth-order valence-corrected chi connectivity index (χ4v) is 3.08. The lowest BCUT2D eigenvalue weighted by Gasteiger charge is -2.34. The summed E-state index contributed by atoms with van der Waals surface area (Å²) in [5.74, 6) is 0.497. The van der Waals surface area contributed by atoms with E-state index in [1.165, 1.54) is 17.7 Å². The van der Waals surface area contributed by atoms with Gasteiger partial charge in [-0.25, -0.2) is 0 Å². The second kappa shape index (κ2) is 6.63. The molecule has 1 heterocycles. The summed E-state index contributed by atoms with van der Waals surface area (Å²) in [6.07, 6.45) is -2.73. The molecule has 3 rings (SSSR count). The Morgan fingerprint density at radius 1 is 0.917 bits per heavy atom. The molecule has 0 radical (unpaired) electrons. The van der Waals surface area contributed by atoms with Crippen LogP contribution < -0.4 is 9.64 Å². The zero-order chi connectivity index (χ0) is 17.2. The molecule has 0 spiro atoms. The topological polar surface area (TPSA) is 32.7 Å². The summed E-state index contributed by atoms with van der Waals surface area (Å²) in [6.45, 7) is 1.68. The molecule has 1 saturated heterocycles. The van der Waals surface area contributed by atoms with Crippen molar-refractivity contribution in [3.05, 3.63) is 54.1 Å². The van der Waals surface area contributed by atoms with Gasteiger partial charge >= 0.3 is 6.36 Å². The monoisotopic (exact) mass is 337 g/mol. The molecule has 1 aliphatic heterocycles. The highest BCUT2D eigenvalue weighted by Crippen LogP contribution is 2.32. The number of phenols is 1. The molecular formula is C18H18F3NO2. The minimum Gasteiger partial charge on any atom is -0.508 e. The molecule has 2 aromatic rings. The third-order valence-corrected chi connectivity index (χ3v) is 4.29. The molecule has 2 aromatic carbocycles. The number of aromatic hydroxyl groups is 1. The number of nitrogens with zero attached hydrogens (tertiary/aromatic N) is 1. The first-order chi connectivity index (χ1) is 11.4. The van der Waals surface area contributed by atoms with Crippen LogP contribution in [0.1, 0.15) is 24.3 Å². The molecule has 6 heteroatoms. The number of anilines is 1. The van der Waals surface area contributed by atoms with Crippen molar-refractivity contribution in [1.82, 2.24) is 0 Å². The van der Waals surface area contributed by atoms with Gasteiger partial charge in [0.25, 0.3) is 0 Å². The van der Waals surface area contributed by atoms with Crippen LogP contribution in [0.3, 0.4) is 0 Å². The van der Waals surface area contributed by atoms with Crippen LogP contribution in [0.15, 0.2) is 48.5 Å². The zero-order valence-corrected chi connectivity index (χ0v) is 13.0. The molecule has 0 aromatic heterocycles. The number of piperidine rings is 1. The van der Waals surface area contributed by atoms with E-state index in [0.717, 1.165) is 31.6 Å². The number of phenolic OH excluding ortho intramolecular Hbond substituents is 1. The summed E-state index contributed by atoms with van der Waals surface area (Å²) in [5, 5.41) is 9.35. The van der Waals surface area contributed by atoms with E-state index in [1.807, 2.05) is 12.1 Å². The minimum absolute atomic E-state index is 0.203. The van der Waals surface area contributed by atoms with Crippen molar-refractivity contribution in [3.8, 4) is 11.5 Å². The first-order valence-electron chi connectivity index (χ1n) is 7.80. The molecule has 1 N–H and O–H groups in total. The van der Waals surface area contributed by atoms with Gasteiger partial charge in [-0.05, 0) is 60.7 Å². The van der Waals surface area contributed by atoms with Crippen molar-refractivity contribution < 1.29 is 23.0 Å². The van der Waals surface area contributed by atoms with E-state index in [-0.39, 0.29) is 11.5 Å². The van der Waals surface area contributed by atoms with Crippen molar-refractivity contribution in [2.45, 2.75) is 25.1 Å². The molecule has 0 saturated carbocycles. The van der Waals surface area contributed by atoms with Gasteiger partial charge in [0, 0.05) is 18.8 Å². The minimum atomic E-state index is -4.66. The highest BCUT2D eigenvalue weighted by molar-refractivity contribution is 5.49. The number of hydrogen-bond acceptors (Lipinski definition) is 3. The summed E-state index contributed by atoms with van der Waals surface area (Å²) in [7, 11) is 0. The van der Waals surface area contributed by atoms with Gasteiger partial charge in [-0.2, -0.15) is 0 Å². The van der Waals surface area contributed by atoms with Crippen LogP contribution in [-0.2, 0) is 0 Å². The molecule has 0 atom stereocenters. The summed E-state index contributed by atoms with van der Waals surface area (Å²) in [5.41, 5.74) is 2.11. The molecule has 1 aliphatic rings. The lowest BCUT2D eigenvalue weighted by atomic mass is 9.89. The second-order valence-electron chi connectivity index (χ2n) is 5.89. The number of halogens is 3. The summed E-state index contributed by atoms with van der Waals surface area (Å²) in [6, 6.07) is 13.3. The number of rotatable bonds is 3. The van der Waals surface area contributed by atoms with Gasteiger partial charge in [0.2, 0.25) is 0 Å². The Balaban J connectivity index is 1.59. The number of ether oxygens (including phenoxy) is 1. The third kappa shape index (κ3) is 4.13. The van der Waals surface area contributed by atoms with E-state index in [9.17, 15) is 18.3 Å². The molecule has 0 unspecified atom stereocenters. The van der Waals surface area contributed by atoms with Gasteiger partial charge in [0.1, 0.15) is 11.5 Å². The van der Waals surface area contributed by atoms with Gasteiger partial charge in [-0.1, -0.05) is 12.1 Å². The van der Waals surface area contributed by atoms with Crippen LogP contribution in [0.4, 0.5) is 18.9 Å². The standard InChI is InChI=1S/C18H18F3NO2/c19-18(20,21)24-17-7-3-15(4-8-17)22-11-9-14(10-12-22)13-1-5-16(23)6-2-13/h1-8,14,23H,9-12H2. The first kappa shape index (κ1) is 16.5. The average molecular weight is 337 g/mol. The first-order valence-corrected chi connectivity index (χ1v) is 7.80. The van der Waals surface area contributed by atoms with Gasteiger partial charge in [0.05, 0.1) is 0 Å². The van der Waals surface area contributed by atoms with Crippen molar-refractivity contribution >= 4 is 5.69 Å². The van der Waals surface area contributed by atoms with Crippen LogP contribution in [0.5, 0.6) is 11.5 Å². The summed E-state index contributed by atoms with van der Waals surface area (Å²) < 4.78 is 40.4.